The number of hydrogen-bond acceptors (Lipinski definition) is 6. The summed E-state index contributed by atoms with van der Waals surface area (Å²) >= 11 is 8.44. The van der Waals surface area contributed by atoms with E-state index in [9.17, 15) is 14.4 Å². The molecule has 37 heavy (non-hydrogen) atoms. The van der Waals surface area contributed by atoms with Gasteiger partial charge in [-0.3, -0.25) is 14.4 Å². The summed E-state index contributed by atoms with van der Waals surface area (Å²) in [6.07, 6.45) is 0. The van der Waals surface area contributed by atoms with Crippen LogP contribution in [0.2, 0.25) is 5.02 Å². The Morgan fingerprint density at radius 1 is 0.973 bits per heavy atom. The summed E-state index contributed by atoms with van der Waals surface area (Å²) in [6, 6.07) is 22.4. The molecule has 4 aromatic rings. The Morgan fingerprint density at radius 3 is 2.46 bits per heavy atom. The lowest BCUT2D eigenvalue weighted by molar-refractivity contribution is -0.122. The molecule has 0 aliphatic carbocycles. The first kappa shape index (κ1) is 24.0. The number of thioether (sulfide) groups is 1. The Labute approximate surface area is 226 Å². The smallest absolute Gasteiger partial charge is 0.305 e. The lowest BCUT2D eigenvalue weighted by Crippen LogP contribution is -2.32. The van der Waals surface area contributed by atoms with Crippen LogP contribution in [0, 0.1) is 12.8 Å². The largest absolute Gasteiger partial charge is 0.489 e. The van der Waals surface area contributed by atoms with E-state index < -0.39 is 17.1 Å². The number of halogens is 1. The molecule has 3 aromatic carbocycles. The fourth-order valence-corrected chi connectivity index (χ4v) is 7.62. The van der Waals surface area contributed by atoms with Gasteiger partial charge in [-0.2, -0.15) is 0 Å². The van der Waals surface area contributed by atoms with Crippen LogP contribution in [0.5, 0.6) is 5.75 Å². The van der Waals surface area contributed by atoms with Crippen molar-refractivity contribution in [2.24, 2.45) is 5.92 Å². The fraction of sp³-hybridized carbons (Fsp3) is 0.179. The number of thiazole rings is 1. The van der Waals surface area contributed by atoms with Crippen LogP contribution in [0.25, 0.3) is 0 Å². The van der Waals surface area contributed by atoms with Gasteiger partial charge in [0.05, 0.1) is 16.6 Å². The number of rotatable bonds is 5. The number of aryl methyl sites for hydroxylation is 1. The van der Waals surface area contributed by atoms with Crippen molar-refractivity contribution in [3.05, 3.63) is 109 Å². The highest BCUT2D eigenvalue weighted by molar-refractivity contribution is 8.00. The highest BCUT2D eigenvalue weighted by Crippen LogP contribution is 2.53. The summed E-state index contributed by atoms with van der Waals surface area (Å²) < 4.78 is 5.93. The Balaban J connectivity index is 1.32. The highest BCUT2D eigenvalue weighted by Gasteiger charge is 2.56. The molecule has 1 aromatic heterocycles. The minimum absolute atomic E-state index is 0.195. The van der Waals surface area contributed by atoms with Gasteiger partial charge in [-0.05, 0) is 54.4 Å². The van der Waals surface area contributed by atoms with E-state index in [4.69, 9.17) is 16.3 Å². The second kappa shape index (κ2) is 9.52. The maximum absolute atomic E-state index is 13.8. The number of carbonyl (C=O) groups is 2. The average molecular weight is 549 g/mol. The van der Waals surface area contributed by atoms with Gasteiger partial charge in [-0.25, -0.2) is 4.90 Å². The van der Waals surface area contributed by atoms with Gasteiger partial charge in [0.15, 0.2) is 0 Å². The van der Waals surface area contributed by atoms with Crippen LogP contribution in [-0.4, -0.2) is 22.0 Å². The summed E-state index contributed by atoms with van der Waals surface area (Å²) in [4.78, 5) is 44.3. The van der Waals surface area contributed by atoms with Crippen LogP contribution in [0.3, 0.4) is 0 Å². The fourth-order valence-electron chi connectivity index (χ4n) is 4.89. The number of imide groups is 1. The molecule has 186 valence electrons. The molecule has 0 saturated carbocycles. The first-order valence-corrected chi connectivity index (χ1v) is 13.8. The monoisotopic (exact) mass is 548 g/mol. The van der Waals surface area contributed by atoms with Crippen LogP contribution < -0.4 is 14.5 Å². The van der Waals surface area contributed by atoms with Gasteiger partial charge in [0.1, 0.15) is 17.6 Å². The molecule has 0 unspecified atom stereocenters. The van der Waals surface area contributed by atoms with Crippen molar-refractivity contribution in [1.29, 1.82) is 0 Å². The zero-order valence-electron chi connectivity index (χ0n) is 19.6. The molecule has 3 heterocycles. The van der Waals surface area contributed by atoms with E-state index in [0.717, 1.165) is 32.9 Å². The van der Waals surface area contributed by atoms with E-state index in [-0.39, 0.29) is 16.7 Å². The first-order valence-electron chi connectivity index (χ1n) is 11.7. The third-order valence-electron chi connectivity index (χ3n) is 6.65. The molecule has 0 radical (unpaired) electrons. The van der Waals surface area contributed by atoms with Crippen molar-refractivity contribution < 1.29 is 14.3 Å². The summed E-state index contributed by atoms with van der Waals surface area (Å²) in [5.41, 5.74) is 3.42. The van der Waals surface area contributed by atoms with E-state index in [1.54, 1.807) is 12.1 Å². The summed E-state index contributed by atoms with van der Waals surface area (Å²) in [7, 11) is 0. The molecular formula is C28H21ClN2O4S2. The van der Waals surface area contributed by atoms with Gasteiger partial charge < -0.3 is 9.72 Å². The zero-order valence-corrected chi connectivity index (χ0v) is 22.0. The number of aromatic nitrogens is 1. The number of anilines is 1. The number of aromatic amines is 1. The third kappa shape index (κ3) is 4.39. The Hall–Kier alpha value is -3.33. The van der Waals surface area contributed by atoms with Crippen molar-refractivity contribution in [2.45, 2.75) is 29.7 Å². The Bertz CT molecular complexity index is 1560. The number of nitrogens with one attached hydrogen (secondary N) is 1. The summed E-state index contributed by atoms with van der Waals surface area (Å²) in [6.45, 7) is 2.33. The number of carbonyl (C=O) groups excluding carboxylic acids is 2. The van der Waals surface area contributed by atoms with Crippen LogP contribution in [0.15, 0.2) is 82.6 Å². The normalized spacial score (nSPS) is 20.6. The van der Waals surface area contributed by atoms with Crippen molar-refractivity contribution >= 4 is 52.2 Å². The lowest BCUT2D eigenvalue weighted by Gasteiger charge is -2.29. The molecule has 1 fully saturated rings. The molecule has 0 spiro atoms. The van der Waals surface area contributed by atoms with E-state index >= 15 is 0 Å². The number of fused-ring (bicyclic) bond motifs is 2. The van der Waals surface area contributed by atoms with Crippen molar-refractivity contribution in [2.75, 3.05) is 4.90 Å². The quantitative estimate of drug-likeness (QED) is 0.320. The number of amides is 2. The predicted molar refractivity (Wildman–Crippen MR) is 146 cm³/mol. The van der Waals surface area contributed by atoms with Gasteiger partial charge in [0.25, 0.3) is 0 Å². The number of H-pyrrole nitrogens is 1. The highest BCUT2D eigenvalue weighted by atomic mass is 35.5. The van der Waals surface area contributed by atoms with Crippen LogP contribution >= 0.6 is 34.7 Å². The van der Waals surface area contributed by atoms with E-state index in [0.29, 0.717) is 28.1 Å². The summed E-state index contributed by atoms with van der Waals surface area (Å²) in [5, 5.41) is 0.697. The van der Waals surface area contributed by atoms with Crippen LogP contribution in [0.4, 0.5) is 5.69 Å². The minimum Gasteiger partial charge on any atom is -0.489 e. The van der Waals surface area contributed by atoms with Gasteiger partial charge in [0.2, 0.25) is 11.8 Å². The topological polar surface area (TPSA) is 79.5 Å². The molecule has 9 heteroatoms. The van der Waals surface area contributed by atoms with Crippen molar-refractivity contribution in [1.82, 2.24) is 4.98 Å². The van der Waals surface area contributed by atoms with E-state index in [1.807, 2.05) is 67.6 Å². The zero-order chi connectivity index (χ0) is 25.7. The van der Waals surface area contributed by atoms with Crippen LogP contribution in [0.1, 0.15) is 27.5 Å². The number of ether oxygens (including phenoxy) is 1. The molecule has 6 nitrogen and oxygen atoms in total. The Morgan fingerprint density at radius 2 is 1.73 bits per heavy atom. The Kier molecular flexibility index (Phi) is 6.18. The third-order valence-corrected chi connectivity index (χ3v) is 9.29. The lowest BCUT2D eigenvalue weighted by atomic mass is 9.83. The number of benzene rings is 3. The van der Waals surface area contributed by atoms with E-state index in [2.05, 4.69) is 4.98 Å². The molecule has 1 saturated heterocycles. The molecule has 2 amide bonds. The van der Waals surface area contributed by atoms with Crippen LogP contribution in [-0.2, 0) is 16.2 Å². The number of hydrogen-bond donors (Lipinski definition) is 1. The second-order valence-electron chi connectivity index (χ2n) is 9.08. The first-order chi connectivity index (χ1) is 17.9. The van der Waals surface area contributed by atoms with Crippen molar-refractivity contribution in [3.8, 4) is 5.75 Å². The molecule has 1 N–H and O–H groups in total. The maximum atomic E-state index is 13.8. The summed E-state index contributed by atoms with van der Waals surface area (Å²) in [5.74, 6) is -0.865. The minimum atomic E-state index is -0.615. The van der Waals surface area contributed by atoms with Gasteiger partial charge >= 0.3 is 4.87 Å². The predicted octanol–water partition coefficient (Wildman–Crippen LogP) is 5.77. The molecule has 6 rings (SSSR count). The number of nitrogens with zero attached hydrogens (tertiary/aromatic N) is 1. The van der Waals surface area contributed by atoms with Gasteiger partial charge in [-0.15, -0.1) is 0 Å². The van der Waals surface area contributed by atoms with Gasteiger partial charge in [0, 0.05) is 15.8 Å². The SMILES string of the molecule is Cc1ccc(N2C(=O)[C@H]3[C@H](c4ccc(OCc5cccc(Cl)c5)cc4)c4sc(=O)[nH]c4S[C@H]3C2=O)cc1. The standard InChI is InChI=1S/C28H21ClN2O4S2/c1-15-5-9-19(10-6-15)31-26(32)22-21(23-25(30-28(34)37-23)36-24(22)27(31)33)17-7-11-20(12-8-17)35-14-16-3-2-4-18(29)13-16/h2-13,21-22,24H,14H2,1H3,(H,30,34)/t21-,22-,24+/m0/s1. The molecule has 3 atom stereocenters. The molecule has 2 aliphatic heterocycles. The van der Waals surface area contributed by atoms with E-state index in [1.165, 1.54) is 16.7 Å². The van der Waals surface area contributed by atoms with Crippen molar-refractivity contribution in [3.63, 3.8) is 0 Å². The van der Waals surface area contributed by atoms with Gasteiger partial charge in [-0.1, -0.05) is 76.7 Å². The molecule has 0 bridgehead atoms. The average Bonchev–Trinajstić information content (AvgIpc) is 3.38. The second-order valence-corrected chi connectivity index (χ2v) is 11.7. The molecule has 2 aliphatic rings. The maximum Gasteiger partial charge on any atom is 0.305 e. The molecular weight excluding hydrogens is 528 g/mol.